The Morgan fingerprint density at radius 3 is 2.17 bits per heavy atom. The summed E-state index contributed by atoms with van der Waals surface area (Å²) in [5.74, 6) is 0. The van der Waals surface area contributed by atoms with Gasteiger partial charge in [0.1, 0.15) is 0 Å². The minimum absolute atomic E-state index is 1.85. The predicted molar refractivity (Wildman–Crippen MR) is 22.3 cm³/mol. The second-order valence-electron chi connectivity index (χ2n) is 0.406. The molecule has 34 valence electrons. The van der Waals surface area contributed by atoms with Gasteiger partial charge in [0.15, 0.2) is 0 Å². The van der Waals surface area contributed by atoms with E-state index in [1.165, 1.54) is 0 Å². The molecule has 0 atom stereocenters. The standard InChI is InChI=1S/CF2NPSe/c2-5(3)4-1-6. The van der Waals surface area contributed by atoms with Gasteiger partial charge in [0.2, 0.25) is 0 Å². The molecule has 0 rings (SSSR count). The Hall–Kier alpha value is 0.389. The van der Waals surface area contributed by atoms with Crippen LogP contribution in [0, 0.1) is 0 Å². The van der Waals surface area contributed by atoms with Gasteiger partial charge in [-0.1, -0.05) is 0 Å². The molecule has 0 N–H and O–H groups in total. The number of hydrogen-bond acceptors (Lipinski definition) is 1. The van der Waals surface area contributed by atoms with E-state index in [-0.39, 0.29) is 0 Å². The van der Waals surface area contributed by atoms with Crippen LogP contribution in [0.1, 0.15) is 0 Å². The van der Waals surface area contributed by atoms with Crippen molar-refractivity contribution in [3.05, 3.63) is 0 Å². The normalized spacial score (nSPS) is 7.83. The fraction of sp³-hybridized carbons (Fsp3) is 0. The van der Waals surface area contributed by atoms with Crippen LogP contribution >= 0.6 is 8.69 Å². The van der Waals surface area contributed by atoms with Gasteiger partial charge in [-0.05, 0) is 0 Å². The molecule has 0 aromatic carbocycles. The van der Waals surface area contributed by atoms with Crippen LogP contribution in [0.15, 0.2) is 4.76 Å². The Kier molecular flexibility index (Phi) is 3.81. The Morgan fingerprint density at radius 2 is 2.17 bits per heavy atom. The van der Waals surface area contributed by atoms with Crippen molar-refractivity contribution in [1.29, 1.82) is 0 Å². The van der Waals surface area contributed by atoms with Crippen molar-refractivity contribution in [2.24, 2.45) is 4.76 Å². The molecule has 0 spiro atoms. The van der Waals surface area contributed by atoms with Crippen LogP contribution in [-0.4, -0.2) is 20.3 Å². The molecule has 0 radical (unpaired) electrons. The van der Waals surface area contributed by atoms with Crippen LogP contribution < -0.4 is 0 Å². The molecule has 0 aliphatic rings. The fourth-order valence-corrected chi connectivity index (χ4v) is 0.481. The quantitative estimate of drug-likeness (QED) is 0.322. The second-order valence-corrected chi connectivity index (χ2v) is 1.42. The summed E-state index contributed by atoms with van der Waals surface area (Å²) in [5, 5.41) is 0. The first kappa shape index (κ1) is 6.39. The molecule has 0 saturated heterocycles. The van der Waals surface area contributed by atoms with E-state index in [0.717, 1.165) is 0 Å². The van der Waals surface area contributed by atoms with Crippen LogP contribution in [0.25, 0.3) is 0 Å². The Bertz CT molecular complexity index is 77.6. The molecule has 0 aromatic rings. The van der Waals surface area contributed by atoms with E-state index in [1.807, 2.05) is 4.71 Å². The number of hydrogen-bond donors (Lipinski definition) is 0. The first-order chi connectivity index (χ1) is 2.77. The van der Waals surface area contributed by atoms with E-state index >= 15 is 0 Å². The third-order valence-corrected chi connectivity index (χ3v) is 0.863. The van der Waals surface area contributed by atoms with Gasteiger partial charge >= 0.3 is 42.1 Å². The monoisotopic (exact) mass is 175 g/mol. The van der Waals surface area contributed by atoms with E-state index in [1.54, 1.807) is 0 Å². The summed E-state index contributed by atoms with van der Waals surface area (Å²) in [6.45, 7) is 0. The molecule has 0 fully saturated rings. The van der Waals surface area contributed by atoms with Crippen molar-refractivity contribution in [2.45, 2.75) is 0 Å². The molecule has 0 aliphatic carbocycles. The Labute approximate surface area is 42.9 Å². The van der Waals surface area contributed by atoms with Crippen LogP contribution in [0.4, 0.5) is 8.39 Å². The van der Waals surface area contributed by atoms with E-state index in [9.17, 15) is 8.39 Å². The summed E-state index contributed by atoms with van der Waals surface area (Å²) in [6, 6.07) is 0. The Balaban J connectivity index is 3.29. The molecule has 1 nitrogen and oxygen atoms in total. The maximum atomic E-state index is 10.9. The molecule has 6 heavy (non-hydrogen) atoms. The van der Waals surface area contributed by atoms with Gasteiger partial charge in [-0.15, -0.1) is 0 Å². The topological polar surface area (TPSA) is 12.4 Å². The van der Waals surface area contributed by atoms with E-state index in [2.05, 4.69) is 20.3 Å². The summed E-state index contributed by atoms with van der Waals surface area (Å²) >= 11 is 2.09. The van der Waals surface area contributed by atoms with Crippen molar-refractivity contribution < 1.29 is 8.39 Å². The van der Waals surface area contributed by atoms with Crippen LogP contribution in [0.5, 0.6) is 0 Å². The van der Waals surface area contributed by atoms with Crippen molar-refractivity contribution in [3.8, 4) is 0 Å². The fourth-order valence-electron chi connectivity index (χ4n) is 0.0309. The van der Waals surface area contributed by atoms with Gasteiger partial charge in [-0.25, -0.2) is 0 Å². The average Bonchev–Trinajstić information content (AvgIpc) is 1.35. The molecule has 0 saturated carbocycles. The predicted octanol–water partition coefficient (Wildman–Crippen LogP) is 1.23. The van der Waals surface area contributed by atoms with Gasteiger partial charge in [0.25, 0.3) is 0 Å². The number of halogens is 2. The first-order valence-corrected chi connectivity index (χ1v) is 2.90. The summed E-state index contributed by atoms with van der Waals surface area (Å²) in [5.41, 5.74) is 0. The van der Waals surface area contributed by atoms with Crippen molar-refractivity contribution >= 4 is 29.0 Å². The van der Waals surface area contributed by atoms with Crippen LogP contribution in [-0.2, 0) is 0 Å². The summed E-state index contributed by atoms with van der Waals surface area (Å²) < 4.78 is 26.1. The molecule has 0 bridgehead atoms. The van der Waals surface area contributed by atoms with Gasteiger partial charge < -0.3 is 0 Å². The van der Waals surface area contributed by atoms with Gasteiger partial charge in [0.05, 0.1) is 0 Å². The first-order valence-electron chi connectivity index (χ1n) is 0.966. The van der Waals surface area contributed by atoms with Crippen LogP contribution in [0.2, 0.25) is 0 Å². The molecular formula is CF2NPSe. The summed E-state index contributed by atoms with van der Waals surface area (Å²) in [6.07, 6.45) is 0. The summed E-state index contributed by atoms with van der Waals surface area (Å²) in [7, 11) is -3.12. The zero-order valence-corrected chi connectivity index (χ0v) is 5.17. The van der Waals surface area contributed by atoms with Gasteiger partial charge in [-0.2, -0.15) is 0 Å². The van der Waals surface area contributed by atoms with Gasteiger partial charge in [-0.3, -0.25) is 0 Å². The van der Waals surface area contributed by atoms with E-state index < -0.39 is 8.69 Å². The van der Waals surface area contributed by atoms with Gasteiger partial charge in [0, 0.05) is 0 Å². The maximum absolute atomic E-state index is 10.9. The number of rotatable bonds is 1. The van der Waals surface area contributed by atoms with Crippen molar-refractivity contribution in [2.75, 3.05) is 0 Å². The third kappa shape index (κ3) is 4.39. The average molecular weight is 174 g/mol. The molecule has 0 unspecified atom stereocenters. The Morgan fingerprint density at radius 1 is 1.67 bits per heavy atom. The SMILES string of the molecule is FP(F)N=C=[Se]. The van der Waals surface area contributed by atoms with Crippen LogP contribution in [0.3, 0.4) is 0 Å². The van der Waals surface area contributed by atoms with Crippen molar-refractivity contribution in [3.63, 3.8) is 0 Å². The second kappa shape index (κ2) is 3.58. The molecule has 0 heterocycles. The summed E-state index contributed by atoms with van der Waals surface area (Å²) in [4.78, 5) is 0. The van der Waals surface area contributed by atoms with E-state index in [0.29, 0.717) is 0 Å². The molecule has 5 heteroatoms. The van der Waals surface area contributed by atoms with Crippen molar-refractivity contribution in [1.82, 2.24) is 0 Å². The molecule has 0 aliphatic heterocycles. The molecule has 0 aromatic heterocycles. The minimum atomic E-state index is -3.12. The molecular weight excluding hydrogens is 174 g/mol. The molecule has 0 amide bonds. The zero-order valence-electron chi connectivity index (χ0n) is 2.56. The van der Waals surface area contributed by atoms with E-state index in [4.69, 9.17) is 0 Å². The zero-order chi connectivity index (χ0) is 4.99. The third-order valence-electron chi connectivity index (χ3n) is 0.116. The number of nitrogens with zero attached hydrogens (tertiary/aromatic N) is 1.